The van der Waals surface area contributed by atoms with E-state index in [9.17, 15) is 9.18 Å². The van der Waals surface area contributed by atoms with Crippen LogP contribution in [0.5, 0.6) is 0 Å². The third kappa shape index (κ3) is 2.75. The van der Waals surface area contributed by atoms with Gasteiger partial charge in [0.1, 0.15) is 11.5 Å². The summed E-state index contributed by atoms with van der Waals surface area (Å²) in [5.41, 5.74) is 6.42. The number of carbonyl (C=O) groups is 1. The van der Waals surface area contributed by atoms with E-state index in [4.69, 9.17) is 17.3 Å². The zero-order valence-corrected chi connectivity index (χ0v) is 9.91. The van der Waals surface area contributed by atoms with Crippen molar-refractivity contribution in [3.8, 4) is 0 Å². The van der Waals surface area contributed by atoms with Crippen molar-refractivity contribution in [2.24, 2.45) is 0 Å². The van der Waals surface area contributed by atoms with Crippen molar-refractivity contribution in [1.29, 1.82) is 0 Å². The second-order valence-electron chi connectivity index (χ2n) is 3.56. The standard InChI is InChI=1S/C12H9ClFN3O/c13-9-2-1-8(6-10(9)14)17-12(18)11-5-7(15)3-4-16-11/h1-6H,(H2,15,16)(H,17,18). The van der Waals surface area contributed by atoms with Crippen LogP contribution >= 0.6 is 11.6 Å². The SMILES string of the molecule is Nc1ccnc(C(=O)Nc2ccc(Cl)c(F)c2)c1. The van der Waals surface area contributed by atoms with Gasteiger partial charge in [0.2, 0.25) is 0 Å². The minimum absolute atomic E-state index is 0.00456. The van der Waals surface area contributed by atoms with Crippen molar-refractivity contribution in [3.63, 3.8) is 0 Å². The third-order valence-corrected chi connectivity index (χ3v) is 2.50. The summed E-state index contributed by atoms with van der Waals surface area (Å²) in [5, 5.41) is 2.49. The molecule has 0 radical (unpaired) electrons. The molecule has 1 amide bonds. The van der Waals surface area contributed by atoms with E-state index in [1.165, 1.54) is 24.4 Å². The summed E-state index contributed by atoms with van der Waals surface area (Å²) >= 11 is 5.54. The predicted molar refractivity (Wildman–Crippen MR) is 68.0 cm³/mol. The van der Waals surface area contributed by atoms with E-state index in [-0.39, 0.29) is 10.7 Å². The van der Waals surface area contributed by atoms with E-state index in [1.54, 1.807) is 6.07 Å². The number of amides is 1. The summed E-state index contributed by atoms with van der Waals surface area (Å²) in [6, 6.07) is 6.99. The molecule has 18 heavy (non-hydrogen) atoms. The summed E-state index contributed by atoms with van der Waals surface area (Å²) in [5.74, 6) is -1.07. The first kappa shape index (κ1) is 12.3. The topological polar surface area (TPSA) is 68.0 Å². The number of carbonyl (C=O) groups excluding carboxylic acids is 1. The lowest BCUT2D eigenvalue weighted by Crippen LogP contribution is -2.14. The maximum Gasteiger partial charge on any atom is 0.274 e. The highest BCUT2D eigenvalue weighted by molar-refractivity contribution is 6.30. The molecule has 0 spiro atoms. The number of benzene rings is 1. The molecule has 4 nitrogen and oxygen atoms in total. The first-order valence-electron chi connectivity index (χ1n) is 5.04. The van der Waals surface area contributed by atoms with Crippen molar-refractivity contribution < 1.29 is 9.18 Å². The molecular weight excluding hydrogens is 257 g/mol. The van der Waals surface area contributed by atoms with Gasteiger partial charge in [-0.15, -0.1) is 0 Å². The number of nitrogen functional groups attached to an aromatic ring is 1. The van der Waals surface area contributed by atoms with Crippen molar-refractivity contribution >= 4 is 28.9 Å². The van der Waals surface area contributed by atoms with Gasteiger partial charge in [0.25, 0.3) is 5.91 Å². The smallest absolute Gasteiger partial charge is 0.274 e. The lowest BCUT2D eigenvalue weighted by molar-refractivity contribution is 0.102. The van der Waals surface area contributed by atoms with E-state index in [0.717, 1.165) is 6.07 Å². The molecule has 6 heteroatoms. The maximum absolute atomic E-state index is 13.2. The Balaban J connectivity index is 2.18. The lowest BCUT2D eigenvalue weighted by Gasteiger charge is -2.05. The van der Waals surface area contributed by atoms with E-state index in [0.29, 0.717) is 11.4 Å². The molecule has 1 aromatic heterocycles. The largest absolute Gasteiger partial charge is 0.399 e. The van der Waals surface area contributed by atoms with E-state index in [1.807, 2.05) is 0 Å². The molecule has 92 valence electrons. The molecule has 0 aliphatic carbocycles. The summed E-state index contributed by atoms with van der Waals surface area (Å²) in [4.78, 5) is 15.6. The van der Waals surface area contributed by atoms with Crippen LogP contribution in [-0.2, 0) is 0 Å². The molecule has 0 atom stereocenters. The Labute approximate surface area is 108 Å². The minimum atomic E-state index is -0.602. The summed E-state index contributed by atoms with van der Waals surface area (Å²) in [7, 11) is 0. The van der Waals surface area contributed by atoms with Crippen LogP contribution in [0, 0.1) is 5.82 Å². The molecule has 1 aromatic carbocycles. The quantitative estimate of drug-likeness (QED) is 0.877. The molecule has 0 unspecified atom stereocenters. The van der Waals surface area contributed by atoms with Crippen molar-refractivity contribution in [1.82, 2.24) is 4.98 Å². The first-order valence-corrected chi connectivity index (χ1v) is 5.42. The van der Waals surface area contributed by atoms with Crippen LogP contribution in [0.1, 0.15) is 10.5 Å². The fourth-order valence-corrected chi connectivity index (χ4v) is 1.46. The Morgan fingerprint density at radius 2 is 2.11 bits per heavy atom. The number of hydrogen-bond acceptors (Lipinski definition) is 3. The molecule has 0 bridgehead atoms. The molecular formula is C12H9ClFN3O. The predicted octanol–water partition coefficient (Wildman–Crippen LogP) is 2.71. The van der Waals surface area contributed by atoms with Crippen molar-refractivity contribution in [3.05, 3.63) is 53.1 Å². The van der Waals surface area contributed by atoms with Crippen LogP contribution in [0.25, 0.3) is 0 Å². The van der Waals surface area contributed by atoms with Gasteiger partial charge < -0.3 is 11.1 Å². The van der Waals surface area contributed by atoms with Crippen LogP contribution in [0.4, 0.5) is 15.8 Å². The third-order valence-electron chi connectivity index (χ3n) is 2.19. The van der Waals surface area contributed by atoms with Gasteiger partial charge in [-0.2, -0.15) is 0 Å². The second kappa shape index (κ2) is 5.01. The van der Waals surface area contributed by atoms with Gasteiger partial charge in [-0.05, 0) is 30.3 Å². The van der Waals surface area contributed by atoms with Gasteiger partial charge in [0, 0.05) is 17.6 Å². The van der Waals surface area contributed by atoms with Crippen LogP contribution in [0.2, 0.25) is 5.02 Å². The molecule has 2 rings (SSSR count). The normalized spacial score (nSPS) is 10.1. The van der Waals surface area contributed by atoms with Gasteiger partial charge in [-0.1, -0.05) is 11.6 Å². The van der Waals surface area contributed by atoms with Crippen LogP contribution < -0.4 is 11.1 Å². The Morgan fingerprint density at radius 1 is 1.33 bits per heavy atom. The molecule has 3 N–H and O–H groups in total. The summed E-state index contributed by atoms with van der Waals surface area (Å²) in [6.45, 7) is 0. The number of aromatic nitrogens is 1. The fraction of sp³-hybridized carbons (Fsp3) is 0. The maximum atomic E-state index is 13.2. The fourth-order valence-electron chi connectivity index (χ4n) is 1.34. The minimum Gasteiger partial charge on any atom is -0.399 e. The molecule has 0 aliphatic rings. The Morgan fingerprint density at radius 3 is 2.78 bits per heavy atom. The Kier molecular flexibility index (Phi) is 3.43. The number of halogens is 2. The highest BCUT2D eigenvalue weighted by Crippen LogP contribution is 2.19. The highest BCUT2D eigenvalue weighted by atomic mass is 35.5. The number of anilines is 2. The zero-order chi connectivity index (χ0) is 13.1. The number of rotatable bonds is 2. The Bertz CT molecular complexity index is 604. The average Bonchev–Trinajstić information content (AvgIpc) is 2.34. The lowest BCUT2D eigenvalue weighted by atomic mass is 10.2. The summed E-state index contributed by atoms with van der Waals surface area (Å²) < 4.78 is 13.2. The molecule has 0 aliphatic heterocycles. The number of pyridine rings is 1. The van der Waals surface area contributed by atoms with Gasteiger partial charge in [0.05, 0.1) is 5.02 Å². The second-order valence-corrected chi connectivity index (χ2v) is 3.96. The van der Waals surface area contributed by atoms with Crippen molar-refractivity contribution in [2.45, 2.75) is 0 Å². The monoisotopic (exact) mass is 265 g/mol. The zero-order valence-electron chi connectivity index (χ0n) is 9.15. The van der Waals surface area contributed by atoms with Crippen LogP contribution in [0.3, 0.4) is 0 Å². The van der Waals surface area contributed by atoms with Gasteiger partial charge in [-0.3, -0.25) is 9.78 Å². The average molecular weight is 266 g/mol. The molecule has 1 heterocycles. The summed E-state index contributed by atoms with van der Waals surface area (Å²) in [6.07, 6.45) is 1.42. The number of nitrogens with one attached hydrogen (secondary N) is 1. The highest BCUT2D eigenvalue weighted by Gasteiger charge is 2.09. The molecule has 0 saturated carbocycles. The van der Waals surface area contributed by atoms with Crippen LogP contribution in [-0.4, -0.2) is 10.9 Å². The molecule has 2 aromatic rings. The van der Waals surface area contributed by atoms with E-state index < -0.39 is 11.7 Å². The Hall–Kier alpha value is -2.14. The first-order chi connectivity index (χ1) is 8.56. The number of nitrogens with zero attached hydrogens (tertiary/aromatic N) is 1. The van der Waals surface area contributed by atoms with Crippen LogP contribution in [0.15, 0.2) is 36.5 Å². The van der Waals surface area contributed by atoms with Gasteiger partial charge in [-0.25, -0.2) is 4.39 Å². The number of nitrogens with two attached hydrogens (primary N) is 1. The molecule has 0 saturated heterocycles. The van der Waals surface area contributed by atoms with E-state index in [2.05, 4.69) is 10.3 Å². The molecule has 0 fully saturated rings. The van der Waals surface area contributed by atoms with Crippen molar-refractivity contribution in [2.75, 3.05) is 11.1 Å². The van der Waals surface area contributed by atoms with Gasteiger partial charge in [0.15, 0.2) is 0 Å². The van der Waals surface area contributed by atoms with Gasteiger partial charge >= 0.3 is 0 Å². The number of hydrogen-bond donors (Lipinski definition) is 2. The van der Waals surface area contributed by atoms with E-state index >= 15 is 0 Å².